The second-order valence-corrected chi connectivity index (χ2v) is 9.62. The van der Waals surface area contributed by atoms with Gasteiger partial charge in [-0.2, -0.15) is 0 Å². The van der Waals surface area contributed by atoms with E-state index in [1.807, 2.05) is 9.80 Å². The average molecular weight is 423 g/mol. The highest BCUT2D eigenvalue weighted by Gasteiger charge is 2.42. The smallest absolute Gasteiger partial charge is 0.411 e. The van der Waals surface area contributed by atoms with E-state index in [1.165, 1.54) is 51.6 Å². The minimum Gasteiger partial charge on any atom is -0.480 e. The Morgan fingerprint density at radius 3 is 2.33 bits per heavy atom. The van der Waals surface area contributed by atoms with Crippen molar-refractivity contribution in [3.8, 4) is 0 Å². The number of carboxylic acid groups (broad SMARTS) is 1. The number of carbonyl (C=O) groups excluding carboxylic acids is 1. The van der Waals surface area contributed by atoms with Crippen LogP contribution < -0.4 is 0 Å². The molecule has 0 radical (unpaired) electrons. The third-order valence-corrected chi connectivity index (χ3v) is 7.46. The van der Waals surface area contributed by atoms with E-state index in [1.54, 1.807) is 0 Å². The van der Waals surface area contributed by atoms with Crippen LogP contribution in [0.3, 0.4) is 0 Å². The molecule has 0 spiro atoms. The number of nitrogens with zero attached hydrogens (tertiary/aromatic N) is 4. The Hall–Kier alpha value is -1.38. The highest BCUT2D eigenvalue weighted by atomic mass is 16.6. The van der Waals surface area contributed by atoms with Crippen molar-refractivity contribution in [1.82, 2.24) is 19.6 Å². The van der Waals surface area contributed by atoms with Crippen molar-refractivity contribution < 1.29 is 19.4 Å². The maximum absolute atomic E-state index is 12.4. The molecule has 0 bridgehead atoms. The molecule has 1 N–H and O–H groups in total. The molecule has 1 aliphatic carbocycles. The zero-order chi connectivity index (χ0) is 21.1. The molecule has 3 heterocycles. The van der Waals surface area contributed by atoms with Gasteiger partial charge in [-0.3, -0.25) is 14.6 Å². The fourth-order valence-electron chi connectivity index (χ4n) is 5.39. The SMILES string of the molecule is CC1C(N2CCN(CC(=O)O)CC2)OC(=O)N1CCCCC1CCN(C2CC2)CC1. The van der Waals surface area contributed by atoms with Gasteiger partial charge in [-0.25, -0.2) is 4.79 Å². The molecule has 4 fully saturated rings. The van der Waals surface area contributed by atoms with Crippen LogP contribution in [-0.4, -0.2) is 107 Å². The summed E-state index contributed by atoms with van der Waals surface area (Å²) in [6.45, 7) is 8.38. The Morgan fingerprint density at radius 1 is 1.00 bits per heavy atom. The fraction of sp³-hybridized carbons (Fsp3) is 0.909. The van der Waals surface area contributed by atoms with Gasteiger partial charge in [0.05, 0.1) is 12.6 Å². The number of carbonyl (C=O) groups is 2. The van der Waals surface area contributed by atoms with Gasteiger partial charge >= 0.3 is 12.1 Å². The van der Waals surface area contributed by atoms with Crippen LogP contribution in [-0.2, 0) is 9.53 Å². The molecule has 2 atom stereocenters. The van der Waals surface area contributed by atoms with E-state index in [0.29, 0.717) is 13.1 Å². The zero-order valence-corrected chi connectivity index (χ0v) is 18.4. The van der Waals surface area contributed by atoms with Gasteiger partial charge in [0.15, 0.2) is 6.23 Å². The van der Waals surface area contributed by atoms with Gasteiger partial charge in [-0.1, -0.05) is 12.8 Å². The van der Waals surface area contributed by atoms with Gasteiger partial charge in [-0.05, 0) is 58.0 Å². The van der Waals surface area contributed by atoms with Gasteiger partial charge in [-0.15, -0.1) is 0 Å². The summed E-state index contributed by atoms with van der Waals surface area (Å²) in [5, 5.41) is 8.94. The number of piperidine rings is 1. The number of hydrogen-bond donors (Lipinski definition) is 1. The summed E-state index contributed by atoms with van der Waals surface area (Å²) in [5.74, 6) is 0.0709. The second-order valence-electron chi connectivity index (χ2n) is 9.62. The van der Waals surface area contributed by atoms with Crippen molar-refractivity contribution in [3.05, 3.63) is 0 Å². The first-order valence-electron chi connectivity index (χ1n) is 11.9. The van der Waals surface area contributed by atoms with E-state index in [9.17, 15) is 9.59 Å². The third kappa shape index (κ3) is 5.45. The van der Waals surface area contributed by atoms with Crippen LogP contribution in [0.5, 0.6) is 0 Å². The first kappa shape index (κ1) is 21.8. The highest BCUT2D eigenvalue weighted by molar-refractivity contribution is 5.70. The van der Waals surface area contributed by atoms with E-state index in [-0.39, 0.29) is 24.9 Å². The Morgan fingerprint density at radius 2 is 1.70 bits per heavy atom. The van der Waals surface area contributed by atoms with Crippen molar-refractivity contribution in [2.75, 3.05) is 52.4 Å². The molecule has 1 saturated carbocycles. The summed E-state index contributed by atoms with van der Waals surface area (Å²) in [6, 6.07) is 0.951. The normalized spacial score (nSPS) is 30.0. The molecule has 4 rings (SSSR count). The van der Waals surface area contributed by atoms with Crippen LogP contribution in [0.1, 0.15) is 51.9 Å². The quantitative estimate of drug-likeness (QED) is 0.569. The van der Waals surface area contributed by atoms with Crippen molar-refractivity contribution >= 4 is 12.1 Å². The molecule has 8 nitrogen and oxygen atoms in total. The number of aliphatic carboxylic acids is 1. The third-order valence-electron chi connectivity index (χ3n) is 7.46. The first-order valence-corrected chi connectivity index (χ1v) is 11.9. The maximum Gasteiger partial charge on any atom is 0.411 e. The van der Waals surface area contributed by atoms with Crippen molar-refractivity contribution in [3.63, 3.8) is 0 Å². The molecule has 0 aromatic rings. The van der Waals surface area contributed by atoms with Gasteiger partial charge in [0, 0.05) is 38.8 Å². The number of hydrogen-bond acceptors (Lipinski definition) is 6. The fourth-order valence-corrected chi connectivity index (χ4v) is 5.39. The number of rotatable bonds is 9. The molecule has 3 aliphatic heterocycles. The highest BCUT2D eigenvalue weighted by Crippen LogP contribution is 2.32. The molecule has 170 valence electrons. The number of carboxylic acids is 1. The maximum atomic E-state index is 12.4. The summed E-state index contributed by atoms with van der Waals surface area (Å²) in [5.41, 5.74) is 0. The molecule has 3 saturated heterocycles. The lowest BCUT2D eigenvalue weighted by Gasteiger charge is -2.37. The van der Waals surface area contributed by atoms with Crippen LogP contribution in [0, 0.1) is 5.92 Å². The molecule has 4 aliphatic rings. The number of ether oxygens (including phenoxy) is 1. The monoisotopic (exact) mass is 422 g/mol. The van der Waals surface area contributed by atoms with E-state index in [4.69, 9.17) is 9.84 Å². The van der Waals surface area contributed by atoms with Crippen LogP contribution in [0.25, 0.3) is 0 Å². The van der Waals surface area contributed by atoms with Crippen LogP contribution in [0.4, 0.5) is 4.79 Å². The standard InChI is InChI=1S/C22H38N4O4/c1-17-21(25-14-12-23(13-15-25)16-20(27)28)30-22(29)26(17)9-3-2-4-18-7-10-24(11-8-18)19-5-6-19/h17-19,21H,2-16H2,1H3,(H,27,28). The van der Waals surface area contributed by atoms with E-state index >= 15 is 0 Å². The number of amides is 1. The van der Waals surface area contributed by atoms with E-state index < -0.39 is 5.97 Å². The molecular formula is C22H38N4O4. The average Bonchev–Trinajstić information content (AvgIpc) is 3.53. The molecule has 8 heteroatoms. The lowest BCUT2D eigenvalue weighted by atomic mass is 9.91. The number of likely N-dealkylation sites (tertiary alicyclic amines) is 1. The molecule has 30 heavy (non-hydrogen) atoms. The van der Waals surface area contributed by atoms with Crippen LogP contribution in [0.2, 0.25) is 0 Å². The Balaban J connectivity index is 1.14. The number of cyclic esters (lactones) is 1. The van der Waals surface area contributed by atoms with Crippen LogP contribution >= 0.6 is 0 Å². The van der Waals surface area contributed by atoms with Crippen LogP contribution in [0.15, 0.2) is 0 Å². The van der Waals surface area contributed by atoms with Gasteiger partial charge in [0.2, 0.25) is 0 Å². The summed E-state index contributed by atoms with van der Waals surface area (Å²) >= 11 is 0. The summed E-state index contributed by atoms with van der Waals surface area (Å²) < 4.78 is 5.70. The van der Waals surface area contributed by atoms with Gasteiger partial charge in [0.1, 0.15) is 0 Å². The molecule has 1 amide bonds. The molecule has 2 unspecified atom stereocenters. The van der Waals surface area contributed by atoms with Gasteiger partial charge < -0.3 is 19.6 Å². The van der Waals surface area contributed by atoms with E-state index in [2.05, 4.69) is 16.7 Å². The summed E-state index contributed by atoms with van der Waals surface area (Å²) in [7, 11) is 0. The minimum absolute atomic E-state index is 0.0466. The van der Waals surface area contributed by atoms with Crippen molar-refractivity contribution in [1.29, 1.82) is 0 Å². The van der Waals surface area contributed by atoms with Gasteiger partial charge in [0.25, 0.3) is 0 Å². The molecular weight excluding hydrogens is 384 g/mol. The number of piperazine rings is 1. The lowest BCUT2D eigenvalue weighted by molar-refractivity contribution is -0.139. The summed E-state index contributed by atoms with van der Waals surface area (Å²) in [6.07, 6.45) is 8.61. The predicted octanol–water partition coefficient (Wildman–Crippen LogP) is 1.90. The lowest BCUT2D eigenvalue weighted by Crippen LogP contribution is -2.54. The summed E-state index contributed by atoms with van der Waals surface area (Å²) in [4.78, 5) is 32.0. The van der Waals surface area contributed by atoms with Crippen molar-refractivity contribution in [2.24, 2.45) is 5.92 Å². The minimum atomic E-state index is -0.788. The molecule has 0 aromatic carbocycles. The van der Waals surface area contributed by atoms with Crippen molar-refractivity contribution in [2.45, 2.75) is 70.2 Å². The Kier molecular flexibility index (Phi) is 7.16. The largest absolute Gasteiger partial charge is 0.480 e. The number of unbranched alkanes of at least 4 members (excludes halogenated alkanes) is 1. The predicted molar refractivity (Wildman–Crippen MR) is 113 cm³/mol. The first-order chi connectivity index (χ1) is 14.5. The molecule has 0 aromatic heterocycles. The second kappa shape index (κ2) is 9.83. The zero-order valence-electron chi connectivity index (χ0n) is 18.4. The topological polar surface area (TPSA) is 76.6 Å². The Bertz CT molecular complexity index is 598. The Labute approximate surface area is 180 Å². The van der Waals surface area contributed by atoms with E-state index in [0.717, 1.165) is 38.0 Å².